The van der Waals surface area contributed by atoms with Crippen LogP contribution in [0.3, 0.4) is 0 Å². The molecule has 1 aromatic heterocycles. The molecule has 0 atom stereocenters. The second-order valence-corrected chi connectivity index (χ2v) is 4.58. The Labute approximate surface area is 114 Å². The van der Waals surface area contributed by atoms with E-state index in [1.54, 1.807) is 6.20 Å². The maximum atomic E-state index is 5.72. The highest BCUT2D eigenvalue weighted by atomic mass is 16.5. The number of nitrogens with zero attached hydrogens (tertiary/aromatic N) is 2. The first-order valence-corrected chi connectivity index (χ1v) is 6.50. The number of hydrogen-bond donors (Lipinski definition) is 0. The van der Waals surface area contributed by atoms with E-state index in [0.29, 0.717) is 19.1 Å². The Morgan fingerprint density at radius 1 is 1.16 bits per heavy atom. The molecule has 1 heterocycles. The summed E-state index contributed by atoms with van der Waals surface area (Å²) in [6.07, 6.45) is 1.76. The lowest BCUT2D eigenvalue weighted by Crippen LogP contribution is -2.19. The molecule has 0 radical (unpaired) electrons. The number of hydrogen-bond acceptors (Lipinski definition) is 4. The number of pyridine rings is 1. The van der Waals surface area contributed by atoms with Gasteiger partial charge in [-0.1, -0.05) is 0 Å². The Morgan fingerprint density at radius 2 is 2.00 bits per heavy atom. The van der Waals surface area contributed by atoms with Gasteiger partial charge in [0.2, 0.25) is 5.88 Å². The Morgan fingerprint density at radius 3 is 2.74 bits per heavy atom. The summed E-state index contributed by atoms with van der Waals surface area (Å²) in [5.41, 5.74) is 0. The van der Waals surface area contributed by atoms with Crippen molar-refractivity contribution in [3.8, 4) is 11.6 Å². The largest absolute Gasteiger partial charge is 0.492 e. The van der Waals surface area contributed by atoms with Crippen molar-refractivity contribution in [2.45, 2.75) is 6.92 Å². The molecular weight excluding hydrogens is 240 g/mol. The zero-order valence-corrected chi connectivity index (χ0v) is 11.7. The molecule has 19 heavy (non-hydrogen) atoms. The fraction of sp³-hybridized carbons (Fsp3) is 0.400. The van der Waals surface area contributed by atoms with Gasteiger partial charge in [-0.3, -0.25) is 0 Å². The Kier molecular flexibility index (Phi) is 4.58. The lowest BCUT2D eigenvalue weighted by molar-refractivity contribution is 0.261. The monoisotopic (exact) mass is 260 g/mol. The highest BCUT2D eigenvalue weighted by molar-refractivity contribution is 5.87. The highest BCUT2D eigenvalue weighted by Gasteiger charge is 2.04. The smallest absolute Gasteiger partial charge is 0.221 e. The molecule has 0 fully saturated rings. The van der Waals surface area contributed by atoms with E-state index in [4.69, 9.17) is 9.47 Å². The van der Waals surface area contributed by atoms with Crippen LogP contribution in [0.5, 0.6) is 11.6 Å². The molecule has 0 aliphatic heterocycles. The van der Waals surface area contributed by atoms with Gasteiger partial charge in [-0.05, 0) is 50.7 Å². The first-order valence-electron chi connectivity index (χ1n) is 6.50. The summed E-state index contributed by atoms with van der Waals surface area (Å²) in [5.74, 6) is 1.56. The lowest BCUT2D eigenvalue weighted by Gasteiger charge is -2.12. The Balaban J connectivity index is 2.16. The van der Waals surface area contributed by atoms with Crippen molar-refractivity contribution in [2.24, 2.45) is 0 Å². The van der Waals surface area contributed by atoms with Crippen molar-refractivity contribution >= 4 is 10.8 Å². The number of aromatic nitrogens is 1. The van der Waals surface area contributed by atoms with Crippen LogP contribution in [0.2, 0.25) is 0 Å². The summed E-state index contributed by atoms with van der Waals surface area (Å²) in [6.45, 7) is 4.16. The topological polar surface area (TPSA) is 34.6 Å². The molecule has 0 amide bonds. The third-order valence-corrected chi connectivity index (χ3v) is 2.79. The minimum atomic E-state index is 0.618. The zero-order chi connectivity index (χ0) is 13.7. The summed E-state index contributed by atoms with van der Waals surface area (Å²) in [5, 5.41) is 2.10. The van der Waals surface area contributed by atoms with Gasteiger partial charge in [0.1, 0.15) is 12.4 Å². The average molecular weight is 260 g/mol. The maximum absolute atomic E-state index is 5.72. The van der Waals surface area contributed by atoms with Gasteiger partial charge in [-0.25, -0.2) is 4.98 Å². The maximum Gasteiger partial charge on any atom is 0.221 e. The molecule has 1 aromatic carbocycles. The summed E-state index contributed by atoms with van der Waals surface area (Å²) < 4.78 is 11.2. The van der Waals surface area contributed by atoms with E-state index in [9.17, 15) is 0 Å². The SMILES string of the molecule is CCOc1nccc2cc(OCCN(C)C)ccc12. The Bertz CT molecular complexity index is 541. The van der Waals surface area contributed by atoms with Crippen LogP contribution < -0.4 is 9.47 Å². The van der Waals surface area contributed by atoms with Crippen molar-refractivity contribution in [1.82, 2.24) is 9.88 Å². The van der Waals surface area contributed by atoms with Crippen molar-refractivity contribution in [1.29, 1.82) is 0 Å². The molecule has 102 valence electrons. The van der Waals surface area contributed by atoms with Crippen LogP contribution in [-0.4, -0.2) is 43.7 Å². The minimum Gasteiger partial charge on any atom is -0.492 e. The summed E-state index contributed by atoms with van der Waals surface area (Å²) >= 11 is 0. The fourth-order valence-corrected chi connectivity index (χ4v) is 1.82. The fourth-order valence-electron chi connectivity index (χ4n) is 1.82. The molecule has 0 aliphatic carbocycles. The van der Waals surface area contributed by atoms with Crippen LogP contribution in [0.25, 0.3) is 10.8 Å². The molecule has 4 nitrogen and oxygen atoms in total. The predicted octanol–water partition coefficient (Wildman–Crippen LogP) is 2.57. The van der Waals surface area contributed by atoms with E-state index in [1.807, 2.05) is 45.3 Å². The molecule has 2 aromatic rings. The Hall–Kier alpha value is -1.81. The number of fused-ring (bicyclic) bond motifs is 1. The van der Waals surface area contributed by atoms with E-state index >= 15 is 0 Å². The molecule has 2 rings (SSSR count). The second-order valence-electron chi connectivity index (χ2n) is 4.58. The van der Waals surface area contributed by atoms with Gasteiger partial charge in [0, 0.05) is 18.1 Å². The first-order chi connectivity index (χ1) is 9.20. The molecular formula is C15H20N2O2. The van der Waals surface area contributed by atoms with Crippen LogP contribution in [0.15, 0.2) is 30.5 Å². The van der Waals surface area contributed by atoms with Gasteiger partial charge in [-0.2, -0.15) is 0 Å². The van der Waals surface area contributed by atoms with Gasteiger partial charge in [0.15, 0.2) is 0 Å². The van der Waals surface area contributed by atoms with Gasteiger partial charge in [-0.15, -0.1) is 0 Å². The molecule has 0 unspecified atom stereocenters. The molecule has 0 bridgehead atoms. The summed E-state index contributed by atoms with van der Waals surface area (Å²) in [7, 11) is 4.06. The number of likely N-dealkylation sites (N-methyl/N-ethyl adjacent to an activating group) is 1. The van der Waals surface area contributed by atoms with Crippen LogP contribution in [0, 0.1) is 0 Å². The summed E-state index contributed by atoms with van der Waals surface area (Å²) in [6, 6.07) is 7.95. The van der Waals surface area contributed by atoms with Crippen LogP contribution in [0.4, 0.5) is 0 Å². The van der Waals surface area contributed by atoms with E-state index in [1.165, 1.54) is 0 Å². The molecule has 0 saturated carbocycles. The average Bonchev–Trinajstić information content (AvgIpc) is 2.39. The van der Waals surface area contributed by atoms with Gasteiger partial charge < -0.3 is 14.4 Å². The first kappa shape index (κ1) is 13.6. The molecule has 4 heteroatoms. The summed E-state index contributed by atoms with van der Waals surface area (Å²) in [4.78, 5) is 6.34. The molecule has 0 saturated heterocycles. The van der Waals surface area contributed by atoms with Crippen molar-refractivity contribution in [3.63, 3.8) is 0 Å². The van der Waals surface area contributed by atoms with E-state index < -0.39 is 0 Å². The number of rotatable bonds is 6. The van der Waals surface area contributed by atoms with E-state index in [0.717, 1.165) is 23.1 Å². The predicted molar refractivity (Wildman–Crippen MR) is 77.0 cm³/mol. The minimum absolute atomic E-state index is 0.618. The third kappa shape index (κ3) is 3.58. The van der Waals surface area contributed by atoms with Crippen LogP contribution in [0.1, 0.15) is 6.92 Å². The normalized spacial score (nSPS) is 10.9. The van der Waals surface area contributed by atoms with E-state index in [2.05, 4.69) is 9.88 Å². The standard InChI is InChI=1S/C15H20N2O2/c1-4-18-15-14-6-5-13(19-10-9-17(2)3)11-12(14)7-8-16-15/h5-8,11H,4,9-10H2,1-3H3. The van der Waals surface area contributed by atoms with Crippen molar-refractivity contribution in [3.05, 3.63) is 30.5 Å². The van der Waals surface area contributed by atoms with Crippen molar-refractivity contribution < 1.29 is 9.47 Å². The second kappa shape index (κ2) is 6.38. The zero-order valence-electron chi connectivity index (χ0n) is 11.7. The number of ether oxygens (including phenoxy) is 2. The van der Waals surface area contributed by atoms with Gasteiger partial charge in [0.25, 0.3) is 0 Å². The van der Waals surface area contributed by atoms with Crippen LogP contribution in [-0.2, 0) is 0 Å². The molecule has 0 aliphatic rings. The highest BCUT2D eigenvalue weighted by Crippen LogP contribution is 2.26. The van der Waals surface area contributed by atoms with Crippen LogP contribution >= 0.6 is 0 Å². The number of benzene rings is 1. The van der Waals surface area contributed by atoms with Gasteiger partial charge in [0.05, 0.1) is 6.61 Å². The third-order valence-electron chi connectivity index (χ3n) is 2.79. The molecule has 0 spiro atoms. The van der Waals surface area contributed by atoms with Crippen molar-refractivity contribution in [2.75, 3.05) is 33.9 Å². The lowest BCUT2D eigenvalue weighted by atomic mass is 10.1. The van der Waals surface area contributed by atoms with E-state index in [-0.39, 0.29) is 0 Å². The molecule has 0 N–H and O–H groups in total. The quantitative estimate of drug-likeness (QED) is 0.799. The van der Waals surface area contributed by atoms with Gasteiger partial charge >= 0.3 is 0 Å².